The molecule has 9 heteroatoms. The van der Waals surface area contributed by atoms with Gasteiger partial charge in [0, 0.05) is 52.8 Å². The van der Waals surface area contributed by atoms with Crippen LogP contribution in [0.15, 0.2) is 54.6 Å². The number of hydrogen-bond acceptors (Lipinski definition) is 7. The highest BCUT2D eigenvalue weighted by atomic mass is 16.5. The number of rotatable bonds is 12. The highest BCUT2D eigenvalue weighted by molar-refractivity contribution is 5.77. The van der Waals surface area contributed by atoms with Gasteiger partial charge in [0.2, 0.25) is 11.8 Å². The van der Waals surface area contributed by atoms with Gasteiger partial charge >= 0.3 is 0 Å². The second-order valence-corrected chi connectivity index (χ2v) is 10.5. The summed E-state index contributed by atoms with van der Waals surface area (Å²) in [4.78, 5) is 30.3. The summed E-state index contributed by atoms with van der Waals surface area (Å²) < 4.78 is 16.9. The van der Waals surface area contributed by atoms with Crippen molar-refractivity contribution in [3.63, 3.8) is 0 Å². The number of β-amino-alcohol motifs (C(OH)–C–C–N with tert-alkyl or cyclic N) is 1. The zero-order valence-corrected chi connectivity index (χ0v) is 22.9. The van der Waals surface area contributed by atoms with Gasteiger partial charge in [0.25, 0.3) is 0 Å². The number of benzene rings is 2. The van der Waals surface area contributed by atoms with E-state index in [1.54, 1.807) is 4.90 Å². The maximum absolute atomic E-state index is 12.6. The first kappa shape index (κ1) is 28.9. The first-order chi connectivity index (χ1) is 18.9. The Kier molecular flexibility index (Phi) is 10.6. The number of methoxy groups -OCH3 is 1. The smallest absolute Gasteiger partial charge is 0.248 e. The number of likely N-dealkylation sites (tertiary alicyclic amines) is 1. The zero-order valence-electron chi connectivity index (χ0n) is 22.9. The molecule has 0 unspecified atom stereocenters. The van der Waals surface area contributed by atoms with Crippen LogP contribution in [0, 0.1) is 0 Å². The van der Waals surface area contributed by atoms with Crippen molar-refractivity contribution in [2.45, 2.75) is 37.8 Å². The van der Waals surface area contributed by atoms with Crippen molar-refractivity contribution in [3.8, 4) is 11.5 Å². The van der Waals surface area contributed by atoms with Gasteiger partial charge in [-0.2, -0.15) is 0 Å². The Morgan fingerprint density at radius 3 is 2.46 bits per heavy atom. The lowest BCUT2D eigenvalue weighted by atomic mass is 10.0. The van der Waals surface area contributed by atoms with Gasteiger partial charge < -0.3 is 29.1 Å². The summed E-state index contributed by atoms with van der Waals surface area (Å²) in [6.45, 7) is 4.49. The Hall–Kier alpha value is -3.14. The molecule has 212 valence electrons. The van der Waals surface area contributed by atoms with Crippen LogP contribution >= 0.6 is 0 Å². The SMILES string of the molecule is COCC(=O)N1CCN(Cc2ccc(OCCCN3CCCCC3=O)cc2)C[C@](O)(COc2ccccc2)C1. The van der Waals surface area contributed by atoms with Gasteiger partial charge in [-0.1, -0.05) is 30.3 Å². The van der Waals surface area contributed by atoms with Crippen LogP contribution < -0.4 is 9.47 Å². The Labute approximate surface area is 231 Å². The number of carbonyl (C=O) groups excluding carboxylic acids is 2. The maximum atomic E-state index is 12.6. The highest BCUT2D eigenvalue weighted by Gasteiger charge is 2.37. The topological polar surface area (TPSA) is 91.8 Å². The Bertz CT molecular complexity index is 1050. The molecule has 4 rings (SSSR count). The first-order valence-electron chi connectivity index (χ1n) is 13.8. The number of carbonyl (C=O) groups is 2. The first-order valence-corrected chi connectivity index (χ1v) is 13.8. The molecule has 0 aliphatic carbocycles. The fourth-order valence-electron chi connectivity index (χ4n) is 5.12. The summed E-state index contributed by atoms with van der Waals surface area (Å²) in [5.41, 5.74) is -0.154. The largest absolute Gasteiger partial charge is 0.494 e. The van der Waals surface area contributed by atoms with E-state index in [4.69, 9.17) is 14.2 Å². The van der Waals surface area contributed by atoms with Crippen molar-refractivity contribution in [3.05, 3.63) is 60.2 Å². The van der Waals surface area contributed by atoms with Gasteiger partial charge in [0.1, 0.15) is 30.3 Å². The molecule has 0 aromatic heterocycles. The van der Waals surface area contributed by atoms with Crippen molar-refractivity contribution in [2.24, 2.45) is 0 Å². The van der Waals surface area contributed by atoms with Crippen LogP contribution in [0.2, 0.25) is 0 Å². The maximum Gasteiger partial charge on any atom is 0.248 e. The molecular formula is C30H41N3O6. The molecule has 2 aliphatic rings. The van der Waals surface area contributed by atoms with E-state index in [1.807, 2.05) is 59.5 Å². The number of amides is 2. The molecule has 0 saturated carbocycles. The third-order valence-corrected chi connectivity index (χ3v) is 7.15. The highest BCUT2D eigenvalue weighted by Crippen LogP contribution is 2.21. The number of para-hydroxylation sites is 1. The normalized spacial score (nSPS) is 20.5. The van der Waals surface area contributed by atoms with Gasteiger partial charge in [-0.05, 0) is 49.1 Å². The van der Waals surface area contributed by atoms with Crippen molar-refractivity contribution in [1.29, 1.82) is 0 Å². The molecule has 2 fully saturated rings. The van der Waals surface area contributed by atoms with E-state index in [9.17, 15) is 14.7 Å². The Morgan fingerprint density at radius 2 is 1.72 bits per heavy atom. The Balaban J connectivity index is 1.31. The van der Waals surface area contributed by atoms with Crippen molar-refractivity contribution >= 4 is 11.8 Å². The molecule has 2 amide bonds. The molecule has 2 aliphatic heterocycles. The second-order valence-electron chi connectivity index (χ2n) is 10.5. The van der Waals surface area contributed by atoms with E-state index in [-0.39, 0.29) is 31.6 Å². The number of aliphatic hydroxyl groups is 1. The monoisotopic (exact) mass is 539 g/mol. The predicted octanol–water partition coefficient (Wildman–Crippen LogP) is 2.57. The van der Waals surface area contributed by atoms with Crippen molar-refractivity contribution < 1.29 is 28.9 Å². The summed E-state index contributed by atoms with van der Waals surface area (Å²) in [7, 11) is 1.50. The molecule has 39 heavy (non-hydrogen) atoms. The summed E-state index contributed by atoms with van der Waals surface area (Å²) in [5, 5.41) is 11.6. The summed E-state index contributed by atoms with van der Waals surface area (Å²) in [6, 6.07) is 17.4. The number of hydrogen-bond donors (Lipinski definition) is 1. The molecule has 0 spiro atoms. The fraction of sp³-hybridized carbons (Fsp3) is 0.533. The van der Waals surface area contributed by atoms with E-state index in [0.717, 1.165) is 43.7 Å². The van der Waals surface area contributed by atoms with Crippen LogP contribution in [0.3, 0.4) is 0 Å². The lowest BCUT2D eigenvalue weighted by molar-refractivity contribution is -0.138. The minimum Gasteiger partial charge on any atom is -0.494 e. The van der Waals surface area contributed by atoms with Gasteiger partial charge in [-0.3, -0.25) is 14.5 Å². The molecule has 2 saturated heterocycles. The lowest BCUT2D eigenvalue weighted by Gasteiger charge is -2.33. The van der Waals surface area contributed by atoms with Crippen LogP contribution in [0.4, 0.5) is 0 Å². The zero-order chi connectivity index (χ0) is 27.5. The van der Waals surface area contributed by atoms with E-state index < -0.39 is 5.60 Å². The van der Waals surface area contributed by atoms with E-state index in [2.05, 4.69) is 4.90 Å². The summed E-state index contributed by atoms with van der Waals surface area (Å²) >= 11 is 0. The molecule has 0 bridgehead atoms. The minimum absolute atomic E-state index is 0.0224. The molecular weight excluding hydrogens is 498 g/mol. The average molecular weight is 540 g/mol. The van der Waals surface area contributed by atoms with Gasteiger partial charge in [-0.25, -0.2) is 0 Å². The second kappa shape index (κ2) is 14.3. The molecule has 2 aromatic carbocycles. The van der Waals surface area contributed by atoms with Crippen LogP contribution in [0.5, 0.6) is 11.5 Å². The van der Waals surface area contributed by atoms with Crippen LogP contribution in [0.1, 0.15) is 31.2 Å². The molecule has 1 atom stereocenters. The van der Waals surface area contributed by atoms with Gasteiger partial charge in [0.05, 0.1) is 13.2 Å². The number of nitrogens with zero attached hydrogens (tertiary/aromatic N) is 3. The van der Waals surface area contributed by atoms with Crippen LogP contribution in [0.25, 0.3) is 0 Å². The number of piperidine rings is 1. The van der Waals surface area contributed by atoms with E-state index >= 15 is 0 Å². The van der Waals surface area contributed by atoms with E-state index in [1.165, 1.54) is 7.11 Å². The molecule has 2 aromatic rings. The summed E-state index contributed by atoms with van der Waals surface area (Å²) in [5.74, 6) is 1.57. The van der Waals surface area contributed by atoms with Gasteiger partial charge in [0.15, 0.2) is 0 Å². The summed E-state index contributed by atoms with van der Waals surface area (Å²) in [6.07, 6.45) is 3.56. The molecule has 2 heterocycles. The fourth-order valence-corrected chi connectivity index (χ4v) is 5.12. The quantitative estimate of drug-likeness (QED) is 0.415. The third-order valence-electron chi connectivity index (χ3n) is 7.15. The predicted molar refractivity (Wildman–Crippen MR) is 148 cm³/mol. The van der Waals surface area contributed by atoms with Crippen LogP contribution in [-0.2, 0) is 20.9 Å². The lowest BCUT2D eigenvalue weighted by Crippen LogP contribution is -2.52. The average Bonchev–Trinajstić information content (AvgIpc) is 3.11. The van der Waals surface area contributed by atoms with E-state index in [0.29, 0.717) is 45.0 Å². The standard InChI is InChI=1S/C30H41N3O6/c1-37-21-29(35)33-18-17-31(22-30(36,23-33)24-39-26-8-3-2-4-9-26)20-25-11-13-27(14-12-25)38-19-7-16-32-15-6-5-10-28(32)34/h2-4,8-9,11-14,36H,5-7,10,15-24H2,1H3/t30-/m1/s1. The molecule has 0 radical (unpaired) electrons. The molecule has 1 N–H and O–H groups in total. The van der Waals surface area contributed by atoms with Crippen molar-refractivity contribution in [1.82, 2.24) is 14.7 Å². The third kappa shape index (κ3) is 8.95. The molecule has 9 nitrogen and oxygen atoms in total. The number of ether oxygens (including phenoxy) is 3. The Morgan fingerprint density at radius 1 is 0.949 bits per heavy atom. The van der Waals surface area contributed by atoms with Crippen molar-refractivity contribution in [2.75, 3.05) is 66.2 Å². The van der Waals surface area contributed by atoms with Gasteiger partial charge in [-0.15, -0.1) is 0 Å². The van der Waals surface area contributed by atoms with Crippen LogP contribution in [-0.4, -0.2) is 103 Å². The minimum atomic E-state index is -1.24.